The summed E-state index contributed by atoms with van der Waals surface area (Å²) in [4.78, 5) is 15.2. The molecule has 1 aromatic carbocycles. The zero-order chi connectivity index (χ0) is 13.1. The van der Waals surface area contributed by atoms with E-state index < -0.39 is 0 Å². The van der Waals surface area contributed by atoms with Crippen molar-refractivity contribution < 1.29 is 9.53 Å². The summed E-state index contributed by atoms with van der Waals surface area (Å²) in [6.45, 7) is 3.47. The van der Waals surface area contributed by atoms with Gasteiger partial charge in [0.25, 0.3) is 0 Å². The molecule has 0 unspecified atom stereocenters. The molecule has 2 aromatic rings. The number of benzene rings is 1. The molecule has 0 saturated carbocycles. The van der Waals surface area contributed by atoms with E-state index in [0.29, 0.717) is 11.4 Å². The van der Waals surface area contributed by atoms with E-state index in [0.717, 1.165) is 15.8 Å². The Bertz CT molecular complexity index is 579. The van der Waals surface area contributed by atoms with Gasteiger partial charge in [0.2, 0.25) is 5.88 Å². The Hall–Kier alpha value is -1.68. The van der Waals surface area contributed by atoms with E-state index in [1.54, 1.807) is 12.1 Å². The second kappa shape index (κ2) is 5.31. The van der Waals surface area contributed by atoms with E-state index in [1.165, 1.54) is 13.1 Å². The first-order valence-corrected chi connectivity index (χ1v) is 6.26. The molecule has 0 atom stereocenters. The SMILES string of the molecule is CC(=O)c1ccc(Oc2ccc(Br)cc2C)nc1. The largest absolute Gasteiger partial charge is 0.439 e. The molecule has 1 aromatic heterocycles. The highest BCUT2D eigenvalue weighted by Gasteiger charge is 2.04. The summed E-state index contributed by atoms with van der Waals surface area (Å²) in [5.41, 5.74) is 1.59. The lowest BCUT2D eigenvalue weighted by Crippen LogP contribution is -1.95. The molecule has 92 valence electrons. The molecule has 0 aliphatic carbocycles. The maximum atomic E-state index is 11.1. The van der Waals surface area contributed by atoms with Gasteiger partial charge in [-0.1, -0.05) is 15.9 Å². The Morgan fingerprint density at radius 3 is 2.61 bits per heavy atom. The summed E-state index contributed by atoms with van der Waals surface area (Å²) in [6.07, 6.45) is 1.52. The molecule has 4 heteroatoms. The fourth-order valence-electron chi connectivity index (χ4n) is 1.49. The molecule has 0 N–H and O–H groups in total. The van der Waals surface area contributed by atoms with Crippen LogP contribution < -0.4 is 4.74 Å². The fourth-order valence-corrected chi connectivity index (χ4v) is 1.96. The molecule has 0 fully saturated rings. The number of halogens is 1. The normalized spacial score (nSPS) is 10.2. The van der Waals surface area contributed by atoms with Crippen molar-refractivity contribution >= 4 is 21.7 Å². The molecule has 18 heavy (non-hydrogen) atoms. The molecule has 0 aliphatic rings. The first-order chi connectivity index (χ1) is 8.56. The van der Waals surface area contributed by atoms with E-state index in [9.17, 15) is 4.79 Å². The number of nitrogens with zero attached hydrogens (tertiary/aromatic N) is 1. The van der Waals surface area contributed by atoms with Crippen molar-refractivity contribution in [2.45, 2.75) is 13.8 Å². The molecule has 0 spiro atoms. The summed E-state index contributed by atoms with van der Waals surface area (Å²) in [6, 6.07) is 9.16. The van der Waals surface area contributed by atoms with Crippen molar-refractivity contribution in [1.82, 2.24) is 4.98 Å². The van der Waals surface area contributed by atoms with Crippen LogP contribution in [0.1, 0.15) is 22.8 Å². The maximum absolute atomic E-state index is 11.1. The highest BCUT2D eigenvalue weighted by molar-refractivity contribution is 9.10. The van der Waals surface area contributed by atoms with Gasteiger partial charge < -0.3 is 4.74 Å². The lowest BCUT2D eigenvalue weighted by atomic mass is 10.2. The summed E-state index contributed by atoms with van der Waals surface area (Å²) in [5, 5.41) is 0. The van der Waals surface area contributed by atoms with Gasteiger partial charge in [-0.15, -0.1) is 0 Å². The van der Waals surface area contributed by atoms with Crippen LogP contribution in [0.5, 0.6) is 11.6 Å². The number of rotatable bonds is 3. The maximum Gasteiger partial charge on any atom is 0.219 e. The lowest BCUT2D eigenvalue weighted by Gasteiger charge is -2.08. The van der Waals surface area contributed by atoms with Crippen molar-refractivity contribution in [3.63, 3.8) is 0 Å². The molecular formula is C14H12BrNO2. The Balaban J connectivity index is 2.21. The molecule has 0 bridgehead atoms. The molecule has 2 rings (SSSR count). The molecule has 0 radical (unpaired) electrons. The Morgan fingerprint density at radius 2 is 2.06 bits per heavy atom. The van der Waals surface area contributed by atoms with Crippen LogP contribution >= 0.6 is 15.9 Å². The van der Waals surface area contributed by atoms with Crippen molar-refractivity contribution in [3.05, 3.63) is 52.1 Å². The van der Waals surface area contributed by atoms with Crippen LogP contribution in [-0.2, 0) is 0 Å². The van der Waals surface area contributed by atoms with Crippen LogP contribution in [0.2, 0.25) is 0 Å². The van der Waals surface area contributed by atoms with Crippen molar-refractivity contribution in [2.75, 3.05) is 0 Å². The number of Topliss-reactive ketones (excluding diaryl/α,β-unsaturated/α-hetero) is 1. The van der Waals surface area contributed by atoms with Crippen LogP contribution in [-0.4, -0.2) is 10.8 Å². The predicted molar refractivity (Wildman–Crippen MR) is 73.2 cm³/mol. The van der Waals surface area contributed by atoms with Crippen molar-refractivity contribution in [3.8, 4) is 11.6 Å². The summed E-state index contributed by atoms with van der Waals surface area (Å²) < 4.78 is 6.66. The van der Waals surface area contributed by atoms with Crippen LogP contribution in [0.3, 0.4) is 0 Å². The molecule has 0 amide bonds. The van der Waals surface area contributed by atoms with E-state index in [-0.39, 0.29) is 5.78 Å². The quantitative estimate of drug-likeness (QED) is 0.800. The summed E-state index contributed by atoms with van der Waals surface area (Å²) in [5.74, 6) is 1.22. The number of aromatic nitrogens is 1. The first kappa shape index (κ1) is 12.8. The van der Waals surface area contributed by atoms with Crippen molar-refractivity contribution in [1.29, 1.82) is 0 Å². The van der Waals surface area contributed by atoms with Gasteiger partial charge in [-0.3, -0.25) is 4.79 Å². The number of ether oxygens (including phenoxy) is 1. The van der Waals surface area contributed by atoms with Crippen LogP contribution in [0, 0.1) is 6.92 Å². The summed E-state index contributed by atoms with van der Waals surface area (Å²) in [7, 11) is 0. The summed E-state index contributed by atoms with van der Waals surface area (Å²) >= 11 is 3.40. The third-order valence-corrected chi connectivity index (χ3v) is 2.99. The lowest BCUT2D eigenvalue weighted by molar-refractivity contribution is 0.101. The van der Waals surface area contributed by atoms with Gasteiger partial charge in [-0.2, -0.15) is 0 Å². The topological polar surface area (TPSA) is 39.2 Å². The molecule has 3 nitrogen and oxygen atoms in total. The van der Waals surface area contributed by atoms with E-state index in [2.05, 4.69) is 20.9 Å². The number of aryl methyl sites for hydroxylation is 1. The van der Waals surface area contributed by atoms with E-state index in [1.807, 2.05) is 25.1 Å². The molecule has 0 saturated heterocycles. The van der Waals surface area contributed by atoms with Crippen LogP contribution in [0.25, 0.3) is 0 Å². The Labute approximate surface area is 114 Å². The smallest absolute Gasteiger partial charge is 0.219 e. The Morgan fingerprint density at radius 1 is 1.28 bits per heavy atom. The monoisotopic (exact) mass is 305 g/mol. The minimum absolute atomic E-state index is 0.00567. The third-order valence-electron chi connectivity index (χ3n) is 2.49. The third kappa shape index (κ3) is 2.96. The van der Waals surface area contributed by atoms with Crippen LogP contribution in [0.15, 0.2) is 41.0 Å². The van der Waals surface area contributed by atoms with Gasteiger partial charge in [0.1, 0.15) is 5.75 Å². The molecular weight excluding hydrogens is 294 g/mol. The highest BCUT2D eigenvalue weighted by atomic mass is 79.9. The number of carbonyl (C=O) groups is 1. The average Bonchev–Trinajstić information content (AvgIpc) is 2.33. The number of carbonyl (C=O) groups excluding carboxylic acids is 1. The Kier molecular flexibility index (Phi) is 3.77. The van der Waals surface area contributed by atoms with Gasteiger partial charge in [0, 0.05) is 22.3 Å². The average molecular weight is 306 g/mol. The van der Waals surface area contributed by atoms with E-state index >= 15 is 0 Å². The fraction of sp³-hybridized carbons (Fsp3) is 0.143. The second-order valence-electron chi connectivity index (χ2n) is 3.95. The number of ketones is 1. The first-order valence-electron chi connectivity index (χ1n) is 5.47. The molecule has 1 heterocycles. The highest BCUT2D eigenvalue weighted by Crippen LogP contribution is 2.26. The van der Waals surface area contributed by atoms with Gasteiger partial charge in [0.05, 0.1) is 0 Å². The van der Waals surface area contributed by atoms with Crippen molar-refractivity contribution in [2.24, 2.45) is 0 Å². The minimum Gasteiger partial charge on any atom is -0.439 e. The van der Waals surface area contributed by atoms with Gasteiger partial charge >= 0.3 is 0 Å². The number of pyridine rings is 1. The standard InChI is InChI=1S/C14H12BrNO2/c1-9-7-12(15)4-5-13(9)18-14-6-3-11(8-16-14)10(2)17/h3-8H,1-2H3. The van der Waals surface area contributed by atoms with Gasteiger partial charge in [-0.25, -0.2) is 4.98 Å². The van der Waals surface area contributed by atoms with Crippen LogP contribution in [0.4, 0.5) is 0 Å². The number of hydrogen-bond donors (Lipinski definition) is 0. The second-order valence-corrected chi connectivity index (χ2v) is 4.87. The minimum atomic E-state index is -0.00567. The zero-order valence-electron chi connectivity index (χ0n) is 10.1. The zero-order valence-corrected chi connectivity index (χ0v) is 11.7. The van der Waals surface area contributed by atoms with Gasteiger partial charge in [-0.05, 0) is 43.7 Å². The van der Waals surface area contributed by atoms with E-state index in [4.69, 9.17) is 4.74 Å². The van der Waals surface area contributed by atoms with Gasteiger partial charge in [0.15, 0.2) is 5.78 Å². The predicted octanol–water partition coefficient (Wildman–Crippen LogP) is 4.15. The number of hydrogen-bond acceptors (Lipinski definition) is 3. The molecule has 0 aliphatic heterocycles.